The smallest absolute Gasteiger partial charge is 0.337 e. The lowest BCUT2D eigenvalue weighted by Gasteiger charge is -2.15. The third-order valence-electron chi connectivity index (χ3n) is 4.25. The van der Waals surface area contributed by atoms with Crippen molar-refractivity contribution in [2.75, 3.05) is 23.3 Å². The average molecular weight is 409 g/mol. The number of hydrogen-bond acceptors (Lipinski definition) is 5. The highest BCUT2D eigenvalue weighted by molar-refractivity contribution is 7.92. The number of amides is 1. The Morgan fingerprint density at radius 3 is 2.59 bits per heavy atom. The maximum atomic E-state index is 12.7. The molecule has 9 heteroatoms. The van der Waals surface area contributed by atoms with Gasteiger partial charge in [-0.05, 0) is 48.4 Å². The Bertz CT molecular complexity index is 1040. The largest absolute Gasteiger partial charge is 0.465 e. The molecule has 0 radical (unpaired) electrons. The summed E-state index contributed by atoms with van der Waals surface area (Å²) in [6.45, 7) is 2.05. The number of hydrogen-bond donors (Lipinski definition) is 1. The van der Waals surface area contributed by atoms with E-state index in [0.29, 0.717) is 18.7 Å². The highest BCUT2D eigenvalue weighted by atomic mass is 35.5. The van der Waals surface area contributed by atoms with Crippen LogP contribution in [0.2, 0.25) is 5.02 Å². The van der Waals surface area contributed by atoms with Crippen LogP contribution in [0.25, 0.3) is 0 Å². The van der Waals surface area contributed by atoms with Gasteiger partial charge in [0.1, 0.15) is 4.90 Å². The predicted molar refractivity (Wildman–Crippen MR) is 102 cm³/mol. The molecular formula is C18H17ClN2O5S. The second kappa shape index (κ2) is 7.21. The molecule has 0 atom stereocenters. The fourth-order valence-corrected chi connectivity index (χ4v) is 4.53. The van der Waals surface area contributed by atoms with Gasteiger partial charge in [-0.2, -0.15) is 0 Å². The standard InChI is InChI=1S/C18H17ClN2O5S/c1-11(22)21-8-7-12-9-14(4-6-16(12)21)20-27(24,25)17-10-13(18(23)26-2)3-5-15(17)19/h3-6,9-10,20H,7-8H2,1-2H3. The summed E-state index contributed by atoms with van der Waals surface area (Å²) >= 11 is 6.03. The number of halogens is 1. The van der Waals surface area contributed by atoms with Gasteiger partial charge in [0.2, 0.25) is 5.91 Å². The zero-order valence-corrected chi connectivity index (χ0v) is 16.2. The van der Waals surface area contributed by atoms with Crippen LogP contribution >= 0.6 is 11.6 Å². The van der Waals surface area contributed by atoms with E-state index in [1.165, 1.54) is 32.2 Å². The quantitative estimate of drug-likeness (QED) is 0.785. The number of benzene rings is 2. The molecule has 1 amide bonds. The monoisotopic (exact) mass is 408 g/mol. The molecule has 2 aromatic carbocycles. The van der Waals surface area contributed by atoms with Gasteiger partial charge in [-0.15, -0.1) is 0 Å². The van der Waals surface area contributed by atoms with Crippen LogP contribution in [0.15, 0.2) is 41.3 Å². The molecule has 27 heavy (non-hydrogen) atoms. The van der Waals surface area contributed by atoms with Crippen LogP contribution in [-0.4, -0.2) is 33.9 Å². The zero-order valence-electron chi connectivity index (χ0n) is 14.7. The molecule has 142 valence electrons. The molecule has 0 bridgehead atoms. The lowest BCUT2D eigenvalue weighted by molar-refractivity contribution is -0.116. The van der Waals surface area contributed by atoms with Gasteiger partial charge in [0.05, 0.1) is 17.7 Å². The minimum Gasteiger partial charge on any atom is -0.465 e. The lowest BCUT2D eigenvalue weighted by Crippen LogP contribution is -2.25. The molecule has 1 N–H and O–H groups in total. The van der Waals surface area contributed by atoms with E-state index in [9.17, 15) is 18.0 Å². The van der Waals surface area contributed by atoms with E-state index in [-0.39, 0.29) is 21.4 Å². The van der Waals surface area contributed by atoms with E-state index in [0.717, 1.165) is 11.3 Å². The number of ether oxygens (including phenoxy) is 1. The first-order valence-electron chi connectivity index (χ1n) is 8.04. The minimum atomic E-state index is -4.03. The number of rotatable bonds is 4. The van der Waals surface area contributed by atoms with Crippen molar-refractivity contribution < 1.29 is 22.7 Å². The van der Waals surface area contributed by atoms with Crippen molar-refractivity contribution in [1.82, 2.24) is 0 Å². The lowest BCUT2D eigenvalue weighted by atomic mass is 10.1. The molecule has 0 unspecified atom stereocenters. The van der Waals surface area contributed by atoms with E-state index < -0.39 is 16.0 Å². The average Bonchev–Trinajstić information content (AvgIpc) is 3.04. The van der Waals surface area contributed by atoms with Crippen molar-refractivity contribution in [3.05, 3.63) is 52.5 Å². The van der Waals surface area contributed by atoms with Crippen LogP contribution in [0, 0.1) is 0 Å². The molecule has 0 saturated heterocycles. The van der Waals surface area contributed by atoms with E-state index in [4.69, 9.17) is 11.6 Å². The van der Waals surface area contributed by atoms with Crippen molar-refractivity contribution >= 4 is 44.9 Å². The fourth-order valence-electron chi connectivity index (χ4n) is 2.96. The van der Waals surface area contributed by atoms with Crippen LogP contribution in [0.3, 0.4) is 0 Å². The molecule has 1 heterocycles. The summed E-state index contributed by atoms with van der Waals surface area (Å²) < 4.78 is 32.6. The summed E-state index contributed by atoms with van der Waals surface area (Å²) in [5, 5.41) is -0.0148. The van der Waals surface area contributed by atoms with Crippen LogP contribution in [0.4, 0.5) is 11.4 Å². The first kappa shape index (κ1) is 19.2. The second-order valence-corrected chi connectivity index (χ2v) is 8.06. The van der Waals surface area contributed by atoms with E-state index >= 15 is 0 Å². The molecule has 7 nitrogen and oxygen atoms in total. The van der Waals surface area contributed by atoms with Gasteiger partial charge in [0, 0.05) is 24.8 Å². The van der Waals surface area contributed by atoms with Crippen molar-refractivity contribution in [1.29, 1.82) is 0 Å². The summed E-state index contributed by atoms with van der Waals surface area (Å²) in [6.07, 6.45) is 0.642. The van der Waals surface area contributed by atoms with Crippen molar-refractivity contribution in [3.8, 4) is 0 Å². The number of nitrogens with one attached hydrogen (secondary N) is 1. The molecule has 0 spiro atoms. The van der Waals surface area contributed by atoms with Gasteiger partial charge < -0.3 is 9.64 Å². The minimum absolute atomic E-state index is 0.0148. The van der Waals surface area contributed by atoms with Gasteiger partial charge in [-0.25, -0.2) is 13.2 Å². The Balaban J connectivity index is 1.92. The van der Waals surface area contributed by atoms with Crippen molar-refractivity contribution in [2.45, 2.75) is 18.2 Å². The Morgan fingerprint density at radius 1 is 1.19 bits per heavy atom. The van der Waals surface area contributed by atoms with E-state index in [1.54, 1.807) is 23.1 Å². The Morgan fingerprint density at radius 2 is 1.93 bits per heavy atom. The fraction of sp³-hybridized carbons (Fsp3) is 0.222. The maximum Gasteiger partial charge on any atom is 0.337 e. The number of carbonyl (C=O) groups is 2. The highest BCUT2D eigenvalue weighted by Gasteiger charge is 2.24. The van der Waals surface area contributed by atoms with Gasteiger partial charge in [0.15, 0.2) is 0 Å². The molecule has 0 aromatic heterocycles. The third kappa shape index (κ3) is 3.77. The van der Waals surface area contributed by atoms with Crippen molar-refractivity contribution in [3.63, 3.8) is 0 Å². The normalized spacial score (nSPS) is 13.2. The van der Waals surface area contributed by atoms with Crippen molar-refractivity contribution in [2.24, 2.45) is 0 Å². The number of fused-ring (bicyclic) bond motifs is 1. The van der Waals surface area contributed by atoms with Crippen LogP contribution in [-0.2, 0) is 26.0 Å². The number of sulfonamides is 1. The van der Waals surface area contributed by atoms with Crippen LogP contribution < -0.4 is 9.62 Å². The first-order valence-corrected chi connectivity index (χ1v) is 9.91. The van der Waals surface area contributed by atoms with Crippen LogP contribution in [0.5, 0.6) is 0 Å². The van der Waals surface area contributed by atoms with Gasteiger partial charge >= 0.3 is 5.97 Å². The summed E-state index contributed by atoms with van der Waals surface area (Å²) in [4.78, 5) is 24.7. The summed E-state index contributed by atoms with van der Waals surface area (Å²) in [5.41, 5.74) is 2.07. The first-order chi connectivity index (χ1) is 12.7. The summed E-state index contributed by atoms with van der Waals surface area (Å²) in [7, 11) is -2.82. The Kier molecular flexibility index (Phi) is 5.12. The van der Waals surface area contributed by atoms with E-state index in [1.807, 2.05) is 0 Å². The molecule has 2 aromatic rings. The predicted octanol–water partition coefficient (Wildman–Crippen LogP) is 2.84. The Hall–Kier alpha value is -2.58. The zero-order chi connectivity index (χ0) is 19.8. The molecular weight excluding hydrogens is 392 g/mol. The molecule has 3 rings (SSSR count). The molecule has 1 aliphatic rings. The SMILES string of the molecule is COC(=O)c1ccc(Cl)c(S(=O)(=O)Nc2ccc3c(c2)CCN3C(C)=O)c1. The number of carbonyl (C=O) groups excluding carboxylic acids is 2. The maximum absolute atomic E-state index is 12.7. The third-order valence-corrected chi connectivity index (χ3v) is 6.11. The highest BCUT2D eigenvalue weighted by Crippen LogP contribution is 2.32. The van der Waals surface area contributed by atoms with E-state index in [2.05, 4.69) is 9.46 Å². The van der Waals surface area contributed by atoms with Gasteiger partial charge in [-0.1, -0.05) is 11.6 Å². The molecule has 1 aliphatic heterocycles. The second-order valence-electron chi connectivity index (χ2n) is 6.01. The van der Waals surface area contributed by atoms with Crippen LogP contribution in [0.1, 0.15) is 22.8 Å². The molecule has 0 aliphatic carbocycles. The topological polar surface area (TPSA) is 92.8 Å². The molecule has 0 fully saturated rings. The Labute approximate surface area is 161 Å². The number of nitrogens with zero attached hydrogens (tertiary/aromatic N) is 1. The number of esters is 1. The summed E-state index contributed by atoms with van der Waals surface area (Å²) in [5.74, 6) is -0.724. The molecule has 0 saturated carbocycles. The number of methoxy groups -OCH3 is 1. The van der Waals surface area contributed by atoms with Gasteiger partial charge in [0.25, 0.3) is 10.0 Å². The summed E-state index contributed by atoms with van der Waals surface area (Å²) in [6, 6.07) is 8.85. The van der Waals surface area contributed by atoms with Gasteiger partial charge in [-0.3, -0.25) is 9.52 Å². The number of anilines is 2.